The Balaban J connectivity index is 2.52. The number of aryl methyl sites for hydroxylation is 1. The smallest absolute Gasteiger partial charge is 0.383 e. The Kier molecular flexibility index (Phi) is 4.49. The van der Waals surface area contributed by atoms with Gasteiger partial charge < -0.3 is 5.11 Å². The van der Waals surface area contributed by atoms with Gasteiger partial charge in [0, 0.05) is 9.35 Å². The minimum atomic E-state index is -4.53. The number of benzene rings is 1. The van der Waals surface area contributed by atoms with E-state index in [2.05, 4.69) is 15.9 Å². The van der Waals surface area contributed by atoms with Gasteiger partial charge in [0.2, 0.25) is 0 Å². The van der Waals surface area contributed by atoms with E-state index in [1.54, 1.807) is 13.0 Å². The van der Waals surface area contributed by atoms with E-state index in [1.807, 2.05) is 0 Å². The maximum absolute atomic E-state index is 13.0. The Morgan fingerprint density at radius 2 is 1.95 bits per heavy atom. The van der Waals surface area contributed by atoms with Crippen LogP contribution < -0.4 is 0 Å². The van der Waals surface area contributed by atoms with Crippen LogP contribution in [0.3, 0.4) is 0 Å². The molecular weight excluding hydrogens is 377 g/mol. The van der Waals surface area contributed by atoms with E-state index in [9.17, 15) is 18.3 Å². The zero-order valence-corrected chi connectivity index (χ0v) is 13.3. The van der Waals surface area contributed by atoms with Crippen LogP contribution in [0.2, 0.25) is 4.34 Å². The van der Waals surface area contributed by atoms with Crippen LogP contribution in [0.25, 0.3) is 0 Å². The predicted octanol–water partition coefficient (Wildman–Crippen LogP) is 5.57. The van der Waals surface area contributed by atoms with Crippen LogP contribution in [0.4, 0.5) is 13.2 Å². The maximum Gasteiger partial charge on any atom is 0.416 e. The van der Waals surface area contributed by atoms with Crippen molar-refractivity contribution >= 4 is 38.9 Å². The molecule has 0 aliphatic rings. The lowest BCUT2D eigenvalue weighted by molar-refractivity contribution is -0.139. The van der Waals surface area contributed by atoms with E-state index in [0.29, 0.717) is 13.7 Å². The van der Waals surface area contributed by atoms with E-state index >= 15 is 0 Å². The quantitative estimate of drug-likeness (QED) is 0.716. The molecule has 0 fully saturated rings. The summed E-state index contributed by atoms with van der Waals surface area (Å²) in [6.45, 7) is 1.74. The number of hydrogen-bond acceptors (Lipinski definition) is 2. The second kappa shape index (κ2) is 5.67. The first-order chi connectivity index (χ1) is 9.20. The molecule has 7 heteroatoms. The molecule has 20 heavy (non-hydrogen) atoms. The van der Waals surface area contributed by atoms with Crippen LogP contribution in [0, 0.1) is 6.92 Å². The molecule has 1 aromatic carbocycles. The molecule has 0 amide bonds. The Morgan fingerprint density at radius 3 is 2.45 bits per heavy atom. The topological polar surface area (TPSA) is 20.2 Å². The molecular formula is C13H9BrClF3OS. The van der Waals surface area contributed by atoms with Crippen LogP contribution in [0.1, 0.15) is 27.7 Å². The van der Waals surface area contributed by atoms with E-state index in [0.717, 1.165) is 23.0 Å². The van der Waals surface area contributed by atoms with Crippen molar-refractivity contribution in [3.05, 3.63) is 54.6 Å². The summed E-state index contributed by atoms with van der Waals surface area (Å²) in [5, 5.41) is 10.2. The highest BCUT2D eigenvalue weighted by molar-refractivity contribution is 9.10. The van der Waals surface area contributed by atoms with Crippen LogP contribution >= 0.6 is 38.9 Å². The molecule has 0 aliphatic carbocycles. The molecule has 0 bridgehead atoms. The fourth-order valence-corrected chi connectivity index (χ4v) is 3.37. The number of alkyl halides is 3. The van der Waals surface area contributed by atoms with Crippen molar-refractivity contribution in [2.24, 2.45) is 0 Å². The first kappa shape index (κ1) is 15.8. The predicted molar refractivity (Wildman–Crippen MR) is 77.3 cm³/mol. The van der Waals surface area contributed by atoms with Crippen molar-refractivity contribution in [2.45, 2.75) is 19.2 Å². The Labute approximate surface area is 131 Å². The molecule has 1 heterocycles. The van der Waals surface area contributed by atoms with Crippen molar-refractivity contribution < 1.29 is 18.3 Å². The maximum atomic E-state index is 13.0. The zero-order valence-electron chi connectivity index (χ0n) is 10.1. The van der Waals surface area contributed by atoms with Gasteiger partial charge in [-0.15, -0.1) is 11.3 Å². The lowest BCUT2D eigenvalue weighted by atomic mass is 10.0. The summed E-state index contributed by atoms with van der Waals surface area (Å²) >= 11 is 9.98. The van der Waals surface area contributed by atoms with E-state index in [1.165, 1.54) is 12.1 Å². The van der Waals surface area contributed by atoms with E-state index < -0.39 is 17.8 Å². The summed E-state index contributed by atoms with van der Waals surface area (Å²) in [6.07, 6.45) is -5.88. The molecule has 0 saturated carbocycles. The minimum Gasteiger partial charge on any atom is -0.383 e. The lowest BCUT2D eigenvalue weighted by Crippen LogP contribution is -2.12. The largest absolute Gasteiger partial charge is 0.416 e. The molecule has 0 saturated heterocycles. The minimum absolute atomic E-state index is 0.182. The normalized spacial score (nSPS) is 13.6. The average molecular weight is 386 g/mol. The number of hydrogen-bond donors (Lipinski definition) is 1. The number of rotatable bonds is 2. The van der Waals surface area contributed by atoms with Gasteiger partial charge in [0.1, 0.15) is 6.10 Å². The van der Waals surface area contributed by atoms with Crippen LogP contribution in [-0.2, 0) is 6.18 Å². The summed E-state index contributed by atoms with van der Waals surface area (Å²) in [4.78, 5) is 0.389. The number of aliphatic hydroxyl groups is 1. The van der Waals surface area contributed by atoms with Gasteiger partial charge in [-0.2, -0.15) is 13.2 Å². The van der Waals surface area contributed by atoms with Gasteiger partial charge in [0.15, 0.2) is 0 Å². The van der Waals surface area contributed by atoms with Gasteiger partial charge in [-0.05, 0) is 36.2 Å². The van der Waals surface area contributed by atoms with Crippen molar-refractivity contribution in [1.29, 1.82) is 0 Å². The van der Waals surface area contributed by atoms with Gasteiger partial charge in [0.25, 0.3) is 0 Å². The number of aliphatic hydroxyl groups excluding tert-OH is 1. The molecule has 1 unspecified atom stereocenters. The molecule has 1 atom stereocenters. The Bertz CT molecular complexity index is 620. The third-order valence-electron chi connectivity index (χ3n) is 2.76. The first-order valence-corrected chi connectivity index (χ1v) is 7.49. The molecule has 1 aromatic heterocycles. The van der Waals surface area contributed by atoms with Crippen LogP contribution in [0.15, 0.2) is 28.7 Å². The van der Waals surface area contributed by atoms with Gasteiger partial charge in [-0.1, -0.05) is 33.6 Å². The SMILES string of the molecule is Cc1cc(C(O)c2ccc(Br)cc2C(F)(F)F)sc1Cl. The van der Waals surface area contributed by atoms with Gasteiger partial charge in [-0.25, -0.2) is 0 Å². The highest BCUT2D eigenvalue weighted by atomic mass is 79.9. The monoisotopic (exact) mass is 384 g/mol. The molecule has 1 N–H and O–H groups in total. The molecule has 2 aromatic rings. The summed E-state index contributed by atoms with van der Waals surface area (Å²) in [5.41, 5.74) is -0.309. The molecule has 108 valence electrons. The van der Waals surface area contributed by atoms with Crippen molar-refractivity contribution in [3.63, 3.8) is 0 Å². The van der Waals surface area contributed by atoms with Gasteiger partial charge in [-0.3, -0.25) is 0 Å². The highest BCUT2D eigenvalue weighted by Gasteiger charge is 2.35. The summed E-state index contributed by atoms with van der Waals surface area (Å²) < 4.78 is 39.9. The molecule has 0 spiro atoms. The molecule has 0 radical (unpaired) electrons. The fourth-order valence-electron chi connectivity index (χ4n) is 1.78. The number of halogens is 5. The van der Waals surface area contributed by atoms with Crippen molar-refractivity contribution in [1.82, 2.24) is 0 Å². The summed E-state index contributed by atoms with van der Waals surface area (Å²) in [7, 11) is 0. The third-order valence-corrected chi connectivity index (χ3v) is 4.86. The van der Waals surface area contributed by atoms with E-state index in [-0.39, 0.29) is 5.56 Å². The molecule has 1 nitrogen and oxygen atoms in total. The second-order valence-corrected chi connectivity index (χ2v) is 6.84. The fraction of sp³-hybridized carbons (Fsp3) is 0.231. The average Bonchev–Trinajstić information content (AvgIpc) is 2.67. The summed E-state index contributed by atoms with van der Waals surface area (Å²) in [6, 6.07) is 5.29. The van der Waals surface area contributed by atoms with Gasteiger partial charge in [0.05, 0.1) is 9.90 Å². The second-order valence-electron chi connectivity index (χ2n) is 4.24. The Hall–Kier alpha value is -0.560. The summed E-state index contributed by atoms with van der Waals surface area (Å²) in [5.74, 6) is 0. The lowest BCUT2D eigenvalue weighted by Gasteiger charge is -2.17. The van der Waals surface area contributed by atoms with Crippen LogP contribution in [0.5, 0.6) is 0 Å². The zero-order chi connectivity index (χ0) is 15.1. The van der Waals surface area contributed by atoms with Crippen molar-refractivity contribution in [3.8, 4) is 0 Å². The highest BCUT2D eigenvalue weighted by Crippen LogP contribution is 2.40. The molecule has 0 aliphatic heterocycles. The van der Waals surface area contributed by atoms with Gasteiger partial charge >= 0.3 is 6.18 Å². The van der Waals surface area contributed by atoms with Crippen molar-refractivity contribution in [2.75, 3.05) is 0 Å². The molecule has 2 rings (SSSR count). The van der Waals surface area contributed by atoms with E-state index in [4.69, 9.17) is 11.6 Å². The third kappa shape index (κ3) is 3.19. The standard InChI is InChI=1S/C13H9BrClF3OS/c1-6-4-10(20-12(6)15)11(19)8-3-2-7(14)5-9(8)13(16,17)18/h2-5,11,19H,1H3. The van der Waals surface area contributed by atoms with Crippen LogP contribution in [-0.4, -0.2) is 5.11 Å². The number of thiophene rings is 1. The first-order valence-electron chi connectivity index (χ1n) is 5.50. The Morgan fingerprint density at radius 1 is 1.30 bits per heavy atom.